The Morgan fingerprint density at radius 2 is 2.14 bits per heavy atom. The maximum absolute atomic E-state index is 12.4. The van der Waals surface area contributed by atoms with Crippen molar-refractivity contribution in [1.29, 1.82) is 0 Å². The van der Waals surface area contributed by atoms with Gasteiger partial charge in [0.05, 0.1) is 23.9 Å². The molecule has 1 N–H and O–H groups in total. The number of rotatable bonds is 3. The minimum Gasteiger partial charge on any atom is -0.390 e. The molecular weight excluding hydrogens is 212 g/mol. The van der Waals surface area contributed by atoms with Crippen LogP contribution >= 0.6 is 11.6 Å². The number of aliphatic hydroxyl groups is 1. The fourth-order valence-corrected chi connectivity index (χ4v) is 1.44. The highest BCUT2D eigenvalue weighted by Crippen LogP contribution is 2.24. The zero-order valence-corrected chi connectivity index (χ0v) is 8.35. The molecule has 0 amide bonds. The molecule has 0 spiro atoms. The summed E-state index contributed by atoms with van der Waals surface area (Å²) in [7, 11) is 0. The third-order valence-electron chi connectivity index (χ3n) is 1.94. The zero-order chi connectivity index (χ0) is 10.7. The number of hydrogen-bond acceptors (Lipinski definition) is 2. The summed E-state index contributed by atoms with van der Waals surface area (Å²) in [5.74, 6) is 0.155. The van der Waals surface area contributed by atoms with Gasteiger partial charge in [-0.2, -0.15) is 0 Å². The smallest absolute Gasteiger partial charge is 0.265 e. The molecule has 5 heteroatoms. The van der Waals surface area contributed by atoms with Gasteiger partial charge in [-0.15, -0.1) is 11.6 Å². The first-order valence-electron chi connectivity index (χ1n) is 4.04. The van der Waals surface area contributed by atoms with Crippen molar-refractivity contribution in [3.8, 4) is 0 Å². The van der Waals surface area contributed by atoms with Crippen molar-refractivity contribution in [1.82, 2.24) is 4.98 Å². The van der Waals surface area contributed by atoms with Gasteiger partial charge in [0.15, 0.2) is 0 Å². The normalized spacial score (nSPS) is 11.0. The van der Waals surface area contributed by atoms with E-state index in [1.807, 2.05) is 0 Å². The van der Waals surface area contributed by atoms with Gasteiger partial charge in [-0.05, 0) is 18.6 Å². The summed E-state index contributed by atoms with van der Waals surface area (Å²) in [5.41, 5.74) is 0.924. The molecule has 78 valence electrons. The van der Waals surface area contributed by atoms with E-state index in [-0.39, 0.29) is 17.1 Å². The molecule has 1 aromatic heterocycles. The monoisotopic (exact) mass is 221 g/mol. The van der Waals surface area contributed by atoms with Crippen molar-refractivity contribution >= 4 is 11.6 Å². The lowest BCUT2D eigenvalue weighted by molar-refractivity contribution is 0.146. The van der Waals surface area contributed by atoms with E-state index in [4.69, 9.17) is 16.7 Å². The maximum Gasteiger partial charge on any atom is 0.265 e. The standard InChI is InChI=1S/C9H10ClF2NO/c1-5-2-6(9(11)12)8(4-14)13-7(5)3-10/h2,9,14H,3-4H2,1H3. The van der Waals surface area contributed by atoms with E-state index in [2.05, 4.69) is 4.98 Å². The van der Waals surface area contributed by atoms with Crippen molar-refractivity contribution < 1.29 is 13.9 Å². The molecule has 0 fully saturated rings. The molecule has 0 atom stereocenters. The van der Waals surface area contributed by atoms with Crippen molar-refractivity contribution in [3.05, 3.63) is 28.6 Å². The maximum atomic E-state index is 12.4. The van der Waals surface area contributed by atoms with Crippen LogP contribution in [0.25, 0.3) is 0 Å². The number of aliphatic hydroxyl groups excluding tert-OH is 1. The van der Waals surface area contributed by atoms with Crippen LogP contribution in [0.4, 0.5) is 8.78 Å². The molecule has 0 radical (unpaired) electrons. The van der Waals surface area contributed by atoms with Crippen molar-refractivity contribution in [3.63, 3.8) is 0 Å². The fraction of sp³-hybridized carbons (Fsp3) is 0.444. The highest BCUT2D eigenvalue weighted by molar-refractivity contribution is 6.17. The lowest BCUT2D eigenvalue weighted by Gasteiger charge is -2.09. The minimum atomic E-state index is -2.62. The largest absolute Gasteiger partial charge is 0.390 e. The van der Waals surface area contributed by atoms with Crippen LogP contribution in [0.2, 0.25) is 0 Å². The molecule has 0 aromatic carbocycles. The van der Waals surface area contributed by atoms with Crippen molar-refractivity contribution in [2.24, 2.45) is 0 Å². The summed E-state index contributed by atoms with van der Waals surface area (Å²) in [6.45, 7) is 1.17. The predicted molar refractivity (Wildman–Crippen MR) is 49.4 cm³/mol. The predicted octanol–water partition coefficient (Wildman–Crippen LogP) is 2.56. The average molecular weight is 222 g/mol. The molecule has 0 saturated carbocycles. The van der Waals surface area contributed by atoms with Gasteiger partial charge in [0.1, 0.15) is 0 Å². The van der Waals surface area contributed by atoms with Crippen molar-refractivity contribution in [2.75, 3.05) is 0 Å². The van der Waals surface area contributed by atoms with Crippen LogP contribution in [0, 0.1) is 6.92 Å². The van der Waals surface area contributed by atoms with E-state index in [9.17, 15) is 8.78 Å². The fourth-order valence-electron chi connectivity index (χ4n) is 1.17. The number of aromatic nitrogens is 1. The second-order valence-corrected chi connectivity index (χ2v) is 3.15. The van der Waals surface area contributed by atoms with E-state index in [1.54, 1.807) is 6.92 Å². The molecule has 0 aliphatic rings. The number of nitrogens with zero attached hydrogens (tertiary/aromatic N) is 1. The van der Waals surface area contributed by atoms with Crippen LogP contribution in [-0.2, 0) is 12.5 Å². The Hall–Kier alpha value is -0.740. The van der Waals surface area contributed by atoms with Crippen LogP contribution in [-0.4, -0.2) is 10.1 Å². The molecule has 0 aliphatic heterocycles. The molecular formula is C9H10ClF2NO. The highest BCUT2D eigenvalue weighted by Gasteiger charge is 2.15. The summed E-state index contributed by atoms with van der Waals surface area (Å²) in [6, 6.07) is 1.32. The molecule has 1 rings (SSSR count). The van der Waals surface area contributed by atoms with Crippen LogP contribution in [0.5, 0.6) is 0 Å². The molecule has 2 nitrogen and oxygen atoms in total. The quantitative estimate of drug-likeness (QED) is 0.796. The Morgan fingerprint density at radius 1 is 1.50 bits per heavy atom. The van der Waals surface area contributed by atoms with Gasteiger partial charge < -0.3 is 5.11 Å². The van der Waals surface area contributed by atoms with Gasteiger partial charge in [-0.25, -0.2) is 8.78 Å². The highest BCUT2D eigenvalue weighted by atomic mass is 35.5. The van der Waals surface area contributed by atoms with Crippen LogP contribution < -0.4 is 0 Å². The zero-order valence-electron chi connectivity index (χ0n) is 7.60. The Kier molecular flexibility index (Phi) is 3.77. The molecule has 0 aliphatic carbocycles. The molecule has 0 bridgehead atoms. The van der Waals surface area contributed by atoms with E-state index in [0.29, 0.717) is 11.3 Å². The first-order chi connectivity index (χ1) is 6.60. The van der Waals surface area contributed by atoms with Crippen LogP contribution in [0.3, 0.4) is 0 Å². The van der Waals surface area contributed by atoms with Gasteiger partial charge in [0.25, 0.3) is 6.43 Å². The molecule has 1 heterocycles. The van der Waals surface area contributed by atoms with Crippen LogP contribution in [0.1, 0.15) is 28.9 Å². The summed E-state index contributed by atoms with van der Waals surface area (Å²) < 4.78 is 24.9. The number of aryl methyl sites for hydroxylation is 1. The molecule has 0 saturated heterocycles. The molecule has 1 aromatic rings. The topological polar surface area (TPSA) is 33.1 Å². The second-order valence-electron chi connectivity index (χ2n) is 2.88. The van der Waals surface area contributed by atoms with Crippen molar-refractivity contribution in [2.45, 2.75) is 25.8 Å². The Bertz CT molecular complexity index is 331. The summed E-state index contributed by atoms with van der Waals surface area (Å²) in [5, 5.41) is 8.84. The first kappa shape index (κ1) is 11.3. The number of halogens is 3. The van der Waals surface area contributed by atoms with E-state index in [0.717, 1.165) is 0 Å². The molecule has 14 heavy (non-hydrogen) atoms. The van der Waals surface area contributed by atoms with E-state index >= 15 is 0 Å². The summed E-state index contributed by atoms with van der Waals surface area (Å²) in [4.78, 5) is 3.87. The summed E-state index contributed by atoms with van der Waals surface area (Å²) in [6.07, 6.45) is -2.62. The first-order valence-corrected chi connectivity index (χ1v) is 4.57. The lowest BCUT2D eigenvalue weighted by atomic mass is 10.1. The Morgan fingerprint density at radius 3 is 2.57 bits per heavy atom. The van der Waals surface area contributed by atoms with E-state index < -0.39 is 13.0 Å². The lowest BCUT2D eigenvalue weighted by Crippen LogP contribution is -2.03. The molecule has 0 unspecified atom stereocenters. The average Bonchev–Trinajstić information content (AvgIpc) is 2.17. The van der Waals surface area contributed by atoms with Gasteiger partial charge in [-0.3, -0.25) is 4.98 Å². The SMILES string of the molecule is Cc1cc(C(F)F)c(CO)nc1CCl. The third kappa shape index (κ3) is 2.19. The Labute approximate surface area is 85.5 Å². The number of alkyl halides is 3. The van der Waals surface area contributed by atoms with Gasteiger partial charge in [0.2, 0.25) is 0 Å². The number of hydrogen-bond donors (Lipinski definition) is 1. The number of pyridine rings is 1. The van der Waals surface area contributed by atoms with Gasteiger partial charge in [0, 0.05) is 5.56 Å². The van der Waals surface area contributed by atoms with Crippen LogP contribution in [0.15, 0.2) is 6.07 Å². The summed E-state index contributed by atoms with van der Waals surface area (Å²) >= 11 is 5.56. The second kappa shape index (κ2) is 4.66. The van der Waals surface area contributed by atoms with Gasteiger partial charge >= 0.3 is 0 Å². The Balaban J connectivity index is 3.24. The third-order valence-corrected chi connectivity index (χ3v) is 2.19. The van der Waals surface area contributed by atoms with Gasteiger partial charge in [-0.1, -0.05) is 0 Å². The minimum absolute atomic E-state index is 0.00116. The van der Waals surface area contributed by atoms with E-state index in [1.165, 1.54) is 6.07 Å².